The third kappa shape index (κ3) is 3.16. The van der Waals surface area contributed by atoms with E-state index in [1.807, 2.05) is 54.3 Å². The van der Waals surface area contributed by atoms with Gasteiger partial charge in [0.2, 0.25) is 0 Å². The number of allylic oxidation sites excluding steroid dienone is 1. The molecule has 1 N–H and O–H groups in total. The van der Waals surface area contributed by atoms with E-state index >= 15 is 0 Å². The Hall–Kier alpha value is -2.85. The summed E-state index contributed by atoms with van der Waals surface area (Å²) < 4.78 is 5.40. The van der Waals surface area contributed by atoms with Gasteiger partial charge in [0, 0.05) is 24.3 Å². The summed E-state index contributed by atoms with van der Waals surface area (Å²) in [6.07, 6.45) is 0. The van der Waals surface area contributed by atoms with Gasteiger partial charge in [-0.15, -0.1) is 0 Å². The Labute approximate surface area is 153 Å². The van der Waals surface area contributed by atoms with Gasteiger partial charge in [-0.25, -0.2) is 0 Å². The maximum atomic E-state index is 13.3. The molecule has 26 heavy (non-hydrogen) atoms. The van der Waals surface area contributed by atoms with Gasteiger partial charge < -0.3 is 14.6 Å². The molecule has 0 atom stereocenters. The van der Waals surface area contributed by atoms with Crippen molar-refractivity contribution in [3.8, 4) is 0 Å². The van der Waals surface area contributed by atoms with Crippen molar-refractivity contribution in [2.45, 2.75) is 6.92 Å². The number of carbonyl (C=O) groups excluding carboxylic acids is 1. The molecule has 2 aromatic carbocycles. The molecule has 4 rings (SSSR count). The standard InChI is InChI=1S/C22H22N2O2/c1-16(20-15-18-9-5-6-10-19(18)23-20)21(17-7-3-2-4-8-17)22(25)24-11-13-26-14-12-24/h2-10,15,23H,11-14H2,1H3/b21-16-. The zero-order chi connectivity index (χ0) is 17.9. The first kappa shape index (κ1) is 16.6. The third-order valence-electron chi connectivity index (χ3n) is 4.88. The molecular weight excluding hydrogens is 324 g/mol. The lowest BCUT2D eigenvalue weighted by molar-refractivity contribution is -0.128. The molecule has 1 saturated heterocycles. The number of H-pyrrole nitrogens is 1. The lowest BCUT2D eigenvalue weighted by Gasteiger charge is -2.28. The zero-order valence-electron chi connectivity index (χ0n) is 14.9. The van der Waals surface area contributed by atoms with E-state index in [2.05, 4.69) is 23.2 Å². The van der Waals surface area contributed by atoms with Gasteiger partial charge in [-0.1, -0.05) is 48.5 Å². The summed E-state index contributed by atoms with van der Waals surface area (Å²) in [4.78, 5) is 18.7. The molecule has 1 aliphatic heterocycles. The minimum atomic E-state index is 0.0654. The molecule has 4 nitrogen and oxygen atoms in total. The smallest absolute Gasteiger partial charge is 0.254 e. The number of carbonyl (C=O) groups is 1. The van der Waals surface area contributed by atoms with Crippen molar-refractivity contribution < 1.29 is 9.53 Å². The Morgan fingerprint density at radius 2 is 1.69 bits per heavy atom. The summed E-state index contributed by atoms with van der Waals surface area (Å²) in [5, 5.41) is 1.15. The summed E-state index contributed by atoms with van der Waals surface area (Å²) in [5.74, 6) is 0.0654. The van der Waals surface area contributed by atoms with E-state index in [1.54, 1.807) is 0 Å². The van der Waals surface area contributed by atoms with Gasteiger partial charge in [-0.05, 0) is 35.6 Å². The molecule has 0 aliphatic carbocycles. The molecule has 1 amide bonds. The van der Waals surface area contributed by atoms with E-state index < -0.39 is 0 Å². The Morgan fingerprint density at radius 1 is 1.00 bits per heavy atom. The van der Waals surface area contributed by atoms with E-state index in [1.165, 1.54) is 0 Å². The third-order valence-corrected chi connectivity index (χ3v) is 4.88. The van der Waals surface area contributed by atoms with Crippen LogP contribution in [0.3, 0.4) is 0 Å². The number of nitrogens with zero attached hydrogens (tertiary/aromatic N) is 1. The van der Waals surface area contributed by atoms with Gasteiger partial charge in [-0.2, -0.15) is 0 Å². The summed E-state index contributed by atoms with van der Waals surface area (Å²) in [6.45, 7) is 4.48. The molecule has 0 saturated carbocycles. The average molecular weight is 346 g/mol. The number of aromatic nitrogens is 1. The molecule has 1 aromatic heterocycles. The average Bonchev–Trinajstić information content (AvgIpc) is 3.14. The van der Waals surface area contributed by atoms with Crippen molar-refractivity contribution in [2.75, 3.05) is 26.3 Å². The fraction of sp³-hybridized carbons (Fsp3) is 0.227. The van der Waals surface area contributed by atoms with Crippen LogP contribution in [0.25, 0.3) is 22.0 Å². The molecule has 1 aliphatic rings. The van der Waals surface area contributed by atoms with Crippen LogP contribution in [0.4, 0.5) is 0 Å². The first-order chi connectivity index (χ1) is 12.7. The van der Waals surface area contributed by atoms with Crippen molar-refractivity contribution >= 4 is 28.0 Å². The van der Waals surface area contributed by atoms with Gasteiger partial charge in [-0.3, -0.25) is 4.79 Å². The molecule has 132 valence electrons. The van der Waals surface area contributed by atoms with Crippen molar-refractivity contribution in [2.24, 2.45) is 0 Å². The number of nitrogens with one attached hydrogen (secondary N) is 1. The first-order valence-electron chi connectivity index (χ1n) is 8.95. The van der Waals surface area contributed by atoms with Gasteiger partial charge >= 0.3 is 0 Å². The lowest BCUT2D eigenvalue weighted by atomic mass is 9.97. The van der Waals surface area contributed by atoms with Crippen molar-refractivity contribution in [1.82, 2.24) is 9.88 Å². The highest BCUT2D eigenvalue weighted by molar-refractivity contribution is 6.26. The van der Waals surface area contributed by atoms with Crippen LogP contribution in [0.1, 0.15) is 18.2 Å². The van der Waals surface area contributed by atoms with E-state index in [4.69, 9.17) is 4.74 Å². The second-order valence-corrected chi connectivity index (χ2v) is 6.54. The SMILES string of the molecule is C/C(=C(/C(=O)N1CCOCC1)c1ccccc1)c1cc2ccccc2[nH]1. The number of hydrogen-bond donors (Lipinski definition) is 1. The quantitative estimate of drug-likeness (QED) is 0.730. The molecular formula is C22H22N2O2. The van der Waals surface area contributed by atoms with E-state index in [-0.39, 0.29) is 5.91 Å². The van der Waals surface area contributed by atoms with Crippen LogP contribution in [0.5, 0.6) is 0 Å². The number of rotatable bonds is 3. The minimum Gasteiger partial charge on any atom is -0.378 e. The highest BCUT2D eigenvalue weighted by Crippen LogP contribution is 2.29. The normalized spacial score (nSPS) is 15.8. The fourth-order valence-corrected chi connectivity index (χ4v) is 3.44. The molecule has 0 spiro atoms. The van der Waals surface area contributed by atoms with Crippen LogP contribution in [-0.2, 0) is 9.53 Å². The number of benzene rings is 2. The maximum absolute atomic E-state index is 13.3. The number of hydrogen-bond acceptors (Lipinski definition) is 2. The number of fused-ring (bicyclic) bond motifs is 1. The topological polar surface area (TPSA) is 45.3 Å². The van der Waals surface area contributed by atoms with Crippen LogP contribution >= 0.6 is 0 Å². The van der Waals surface area contributed by atoms with E-state index in [9.17, 15) is 4.79 Å². The minimum absolute atomic E-state index is 0.0654. The lowest BCUT2D eigenvalue weighted by Crippen LogP contribution is -2.41. The number of ether oxygens (including phenoxy) is 1. The van der Waals surface area contributed by atoms with E-state index in [0.29, 0.717) is 26.3 Å². The summed E-state index contributed by atoms with van der Waals surface area (Å²) in [5.41, 5.74) is 4.71. The highest BCUT2D eigenvalue weighted by atomic mass is 16.5. The predicted molar refractivity (Wildman–Crippen MR) is 105 cm³/mol. The number of aromatic amines is 1. The molecule has 0 bridgehead atoms. The van der Waals surface area contributed by atoms with Gasteiger partial charge in [0.05, 0.1) is 18.8 Å². The van der Waals surface area contributed by atoms with Crippen LogP contribution in [0.15, 0.2) is 60.7 Å². The summed E-state index contributed by atoms with van der Waals surface area (Å²) >= 11 is 0. The largest absolute Gasteiger partial charge is 0.378 e. The van der Waals surface area contributed by atoms with Gasteiger partial charge in [0.15, 0.2) is 0 Å². The fourth-order valence-electron chi connectivity index (χ4n) is 3.44. The van der Waals surface area contributed by atoms with Gasteiger partial charge in [0.1, 0.15) is 0 Å². The summed E-state index contributed by atoms with van der Waals surface area (Å²) in [6, 6.07) is 20.2. The molecule has 2 heterocycles. The van der Waals surface area contributed by atoms with Crippen LogP contribution < -0.4 is 0 Å². The maximum Gasteiger partial charge on any atom is 0.254 e. The summed E-state index contributed by atoms with van der Waals surface area (Å²) in [7, 11) is 0. The van der Waals surface area contributed by atoms with Crippen LogP contribution in [0, 0.1) is 0 Å². The number of para-hydroxylation sites is 1. The van der Waals surface area contributed by atoms with Crippen LogP contribution in [-0.4, -0.2) is 42.1 Å². The van der Waals surface area contributed by atoms with Crippen LogP contribution in [0.2, 0.25) is 0 Å². The van der Waals surface area contributed by atoms with Gasteiger partial charge in [0.25, 0.3) is 5.91 Å². The van der Waals surface area contributed by atoms with Crippen molar-refractivity contribution in [3.05, 3.63) is 71.9 Å². The molecule has 0 radical (unpaired) electrons. The Bertz CT molecular complexity index is 917. The second kappa shape index (κ2) is 7.18. The van der Waals surface area contributed by atoms with Crippen molar-refractivity contribution in [1.29, 1.82) is 0 Å². The predicted octanol–water partition coefficient (Wildman–Crippen LogP) is 3.96. The molecule has 0 unspecified atom stereocenters. The number of morpholine rings is 1. The number of amides is 1. The molecule has 1 fully saturated rings. The monoisotopic (exact) mass is 346 g/mol. The Kier molecular flexibility index (Phi) is 4.59. The highest BCUT2D eigenvalue weighted by Gasteiger charge is 2.24. The molecule has 4 heteroatoms. The Balaban J connectivity index is 1.82. The molecule has 3 aromatic rings. The van der Waals surface area contributed by atoms with Crippen molar-refractivity contribution in [3.63, 3.8) is 0 Å². The Morgan fingerprint density at radius 3 is 2.42 bits per heavy atom. The first-order valence-corrected chi connectivity index (χ1v) is 8.95. The zero-order valence-corrected chi connectivity index (χ0v) is 14.9. The van der Waals surface area contributed by atoms with E-state index in [0.717, 1.165) is 33.3 Å². The second-order valence-electron chi connectivity index (χ2n) is 6.54.